The molecule has 0 aromatic heterocycles. The van der Waals surface area contributed by atoms with Crippen molar-refractivity contribution in [2.45, 2.75) is 11.8 Å². The normalized spacial score (nSPS) is 12.2. The van der Waals surface area contributed by atoms with Crippen molar-refractivity contribution in [2.75, 3.05) is 0 Å². The average molecular weight is 375 g/mol. The highest BCUT2D eigenvalue weighted by atomic mass is 32.2. The zero-order chi connectivity index (χ0) is 19.0. The van der Waals surface area contributed by atoms with Crippen LogP contribution in [0.2, 0.25) is 0 Å². The summed E-state index contributed by atoms with van der Waals surface area (Å²) in [7, 11) is -3.86. The van der Waals surface area contributed by atoms with E-state index in [9.17, 15) is 13.5 Å². The summed E-state index contributed by atoms with van der Waals surface area (Å²) < 4.78 is 28.9. The van der Waals surface area contributed by atoms with Crippen molar-refractivity contribution in [3.63, 3.8) is 0 Å². The van der Waals surface area contributed by atoms with E-state index >= 15 is 0 Å². The van der Waals surface area contributed by atoms with Gasteiger partial charge in [-0.05, 0) is 35.2 Å². The molecular formula is C22H17NO3S. The van der Waals surface area contributed by atoms with Crippen molar-refractivity contribution in [3.8, 4) is 5.75 Å². The van der Waals surface area contributed by atoms with E-state index in [1.165, 1.54) is 18.3 Å². The minimum Gasteiger partial charge on any atom is -0.507 e. The molecule has 1 N–H and O–H groups in total. The van der Waals surface area contributed by atoms with Crippen molar-refractivity contribution >= 4 is 37.8 Å². The Kier molecular flexibility index (Phi) is 4.16. The molecule has 4 rings (SSSR count). The average Bonchev–Trinajstić information content (AvgIpc) is 2.68. The number of sulfonamides is 1. The molecular weight excluding hydrogens is 358 g/mol. The molecule has 0 fully saturated rings. The van der Waals surface area contributed by atoms with E-state index in [0.717, 1.165) is 21.7 Å². The first-order chi connectivity index (χ1) is 13.0. The molecule has 5 heteroatoms. The second-order valence-electron chi connectivity index (χ2n) is 6.38. The first-order valence-electron chi connectivity index (χ1n) is 8.47. The van der Waals surface area contributed by atoms with E-state index in [1.54, 1.807) is 12.1 Å². The van der Waals surface area contributed by atoms with Crippen molar-refractivity contribution in [1.82, 2.24) is 0 Å². The molecule has 4 aromatic rings. The Labute approximate surface area is 157 Å². The molecule has 0 bridgehead atoms. The molecule has 0 saturated heterocycles. The van der Waals surface area contributed by atoms with Crippen LogP contribution in [0.1, 0.15) is 11.1 Å². The fourth-order valence-corrected chi connectivity index (χ4v) is 4.02. The number of phenolic OH excluding ortho intramolecular Hbond substituents is 1. The second kappa shape index (κ2) is 6.52. The van der Waals surface area contributed by atoms with Gasteiger partial charge in [0.25, 0.3) is 10.0 Å². The van der Waals surface area contributed by atoms with E-state index in [2.05, 4.69) is 4.40 Å². The lowest BCUT2D eigenvalue weighted by atomic mass is 9.96. The van der Waals surface area contributed by atoms with Crippen LogP contribution in [-0.4, -0.2) is 19.7 Å². The fourth-order valence-electron chi connectivity index (χ4n) is 3.17. The minimum absolute atomic E-state index is 0.0205. The Morgan fingerprint density at radius 1 is 0.778 bits per heavy atom. The van der Waals surface area contributed by atoms with Gasteiger partial charge in [0.05, 0.1) is 11.1 Å². The molecule has 0 aliphatic rings. The summed E-state index contributed by atoms with van der Waals surface area (Å²) in [5, 5.41) is 14.0. The van der Waals surface area contributed by atoms with Crippen LogP contribution in [-0.2, 0) is 10.0 Å². The van der Waals surface area contributed by atoms with Crippen LogP contribution < -0.4 is 0 Å². The topological polar surface area (TPSA) is 66.7 Å². The molecule has 0 aliphatic heterocycles. The van der Waals surface area contributed by atoms with Crippen molar-refractivity contribution in [1.29, 1.82) is 0 Å². The number of phenols is 1. The molecule has 4 aromatic carbocycles. The van der Waals surface area contributed by atoms with Gasteiger partial charge in [0, 0.05) is 10.9 Å². The standard InChI is InChI=1S/C22H17NO3S/c1-15-10-12-16(13-11-15)27(25,26)23-14-21-19-8-3-2-6-17(19)18-7-4-5-9-20(18)22(21)24/h2-14,24H,1H3/b23-14-. The Hall–Kier alpha value is -3.18. The summed E-state index contributed by atoms with van der Waals surface area (Å²) in [6.45, 7) is 1.89. The maximum Gasteiger partial charge on any atom is 0.282 e. The summed E-state index contributed by atoms with van der Waals surface area (Å²) in [4.78, 5) is 0.119. The molecule has 0 saturated carbocycles. The van der Waals surface area contributed by atoms with Crippen LogP contribution in [0.5, 0.6) is 5.75 Å². The van der Waals surface area contributed by atoms with Gasteiger partial charge in [-0.3, -0.25) is 0 Å². The number of rotatable bonds is 3. The lowest BCUT2D eigenvalue weighted by Crippen LogP contribution is -1.98. The largest absolute Gasteiger partial charge is 0.507 e. The molecule has 0 heterocycles. The zero-order valence-corrected chi connectivity index (χ0v) is 15.4. The zero-order valence-electron chi connectivity index (χ0n) is 14.6. The van der Waals surface area contributed by atoms with E-state index in [1.807, 2.05) is 55.5 Å². The number of aromatic hydroxyl groups is 1. The monoisotopic (exact) mass is 375 g/mol. The molecule has 0 amide bonds. The lowest BCUT2D eigenvalue weighted by molar-refractivity contribution is 0.481. The molecule has 0 aliphatic carbocycles. The summed E-state index contributed by atoms with van der Waals surface area (Å²) in [6, 6.07) is 21.6. The Balaban J connectivity index is 1.92. The van der Waals surface area contributed by atoms with Crippen LogP contribution in [0.25, 0.3) is 21.5 Å². The Morgan fingerprint density at radius 2 is 1.30 bits per heavy atom. The second-order valence-corrected chi connectivity index (χ2v) is 8.01. The third-order valence-electron chi connectivity index (χ3n) is 4.58. The van der Waals surface area contributed by atoms with Gasteiger partial charge in [-0.25, -0.2) is 0 Å². The molecule has 0 atom stereocenters. The number of fused-ring (bicyclic) bond motifs is 3. The van der Waals surface area contributed by atoms with Gasteiger partial charge in [0.1, 0.15) is 5.75 Å². The predicted molar refractivity (Wildman–Crippen MR) is 109 cm³/mol. The van der Waals surface area contributed by atoms with E-state index in [-0.39, 0.29) is 10.6 Å². The molecule has 0 unspecified atom stereocenters. The van der Waals surface area contributed by atoms with Gasteiger partial charge in [0.15, 0.2) is 0 Å². The smallest absolute Gasteiger partial charge is 0.282 e. The number of benzene rings is 4. The first-order valence-corrected chi connectivity index (χ1v) is 9.91. The maximum absolute atomic E-state index is 12.5. The molecule has 134 valence electrons. The quantitative estimate of drug-likeness (QED) is 0.412. The van der Waals surface area contributed by atoms with Crippen LogP contribution in [0.3, 0.4) is 0 Å². The molecule has 0 spiro atoms. The van der Waals surface area contributed by atoms with Gasteiger partial charge < -0.3 is 5.11 Å². The van der Waals surface area contributed by atoms with E-state index in [4.69, 9.17) is 0 Å². The van der Waals surface area contributed by atoms with Crippen LogP contribution in [0.4, 0.5) is 0 Å². The predicted octanol–water partition coefficient (Wildman–Crippen LogP) is 4.81. The summed E-state index contributed by atoms with van der Waals surface area (Å²) in [5.74, 6) is 0.0205. The summed E-state index contributed by atoms with van der Waals surface area (Å²) in [6.07, 6.45) is 1.24. The van der Waals surface area contributed by atoms with Crippen LogP contribution in [0.15, 0.2) is 82.1 Å². The maximum atomic E-state index is 12.5. The number of nitrogens with zero attached hydrogens (tertiary/aromatic N) is 1. The van der Waals surface area contributed by atoms with Crippen molar-refractivity contribution in [3.05, 3.63) is 83.9 Å². The Morgan fingerprint density at radius 3 is 1.93 bits per heavy atom. The van der Waals surface area contributed by atoms with Gasteiger partial charge in [-0.2, -0.15) is 12.8 Å². The SMILES string of the molecule is Cc1ccc(S(=O)(=O)/N=C\c2c(O)c3ccccc3c3ccccc23)cc1. The van der Waals surface area contributed by atoms with Gasteiger partial charge in [0.2, 0.25) is 0 Å². The fraction of sp³-hybridized carbons (Fsp3) is 0.0455. The summed E-state index contributed by atoms with van der Waals surface area (Å²) >= 11 is 0. The van der Waals surface area contributed by atoms with Crippen LogP contribution >= 0.6 is 0 Å². The number of hydrogen-bond acceptors (Lipinski definition) is 3. The van der Waals surface area contributed by atoms with Gasteiger partial charge in [-0.1, -0.05) is 66.2 Å². The molecule has 4 nitrogen and oxygen atoms in total. The highest BCUT2D eigenvalue weighted by Gasteiger charge is 2.15. The third-order valence-corrected chi connectivity index (χ3v) is 5.83. The highest BCUT2D eigenvalue weighted by molar-refractivity contribution is 7.90. The number of aryl methyl sites for hydroxylation is 1. The molecule has 27 heavy (non-hydrogen) atoms. The van der Waals surface area contributed by atoms with Gasteiger partial charge in [-0.15, -0.1) is 0 Å². The Bertz CT molecular complexity index is 1290. The van der Waals surface area contributed by atoms with E-state index in [0.29, 0.717) is 10.9 Å². The van der Waals surface area contributed by atoms with E-state index < -0.39 is 10.0 Å². The third kappa shape index (κ3) is 3.06. The first kappa shape index (κ1) is 17.2. The van der Waals surface area contributed by atoms with Crippen molar-refractivity contribution < 1.29 is 13.5 Å². The van der Waals surface area contributed by atoms with Gasteiger partial charge >= 0.3 is 0 Å². The highest BCUT2D eigenvalue weighted by Crippen LogP contribution is 2.36. The molecule has 0 radical (unpaired) electrons. The van der Waals surface area contributed by atoms with Crippen LogP contribution in [0, 0.1) is 6.92 Å². The van der Waals surface area contributed by atoms with Crippen molar-refractivity contribution in [2.24, 2.45) is 4.40 Å². The minimum atomic E-state index is -3.86. The number of hydrogen-bond donors (Lipinski definition) is 1. The lowest BCUT2D eigenvalue weighted by Gasteiger charge is -2.10. The summed E-state index contributed by atoms with van der Waals surface area (Å²) in [5.41, 5.74) is 1.36.